The number of ether oxygens (including phenoxy) is 1. The quantitative estimate of drug-likeness (QED) is 0.866. The summed E-state index contributed by atoms with van der Waals surface area (Å²) in [7, 11) is 0. The second-order valence-corrected chi connectivity index (χ2v) is 4.89. The molecule has 1 saturated heterocycles. The van der Waals surface area contributed by atoms with Gasteiger partial charge in [-0.3, -0.25) is 9.78 Å². The number of carbonyl (C=O) groups is 1. The summed E-state index contributed by atoms with van der Waals surface area (Å²) in [5.41, 5.74) is 1.11. The first-order valence-corrected chi connectivity index (χ1v) is 6.61. The van der Waals surface area contributed by atoms with Crippen LogP contribution >= 0.6 is 0 Å². The molecule has 1 aromatic heterocycles. The van der Waals surface area contributed by atoms with Gasteiger partial charge in [-0.2, -0.15) is 0 Å². The Kier molecular flexibility index (Phi) is 4.87. The van der Waals surface area contributed by atoms with Crippen LogP contribution in [0, 0.1) is 0 Å². The van der Waals surface area contributed by atoms with Gasteiger partial charge in [-0.05, 0) is 31.0 Å². The molecule has 1 aliphatic heterocycles. The predicted octanol–water partition coefficient (Wildman–Crippen LogP) is 0.622. The van der Waals surface area contributed by atoms with E-state index in [9.17, 15) is 4.79 Å². The van der Waals surface area contributed by atoms with Crippen LogP contribution in [0.1, 0.15) is 18.9 Å². The fraction of sp³-hybridized carbons (Fsp3) is 0.571. The van der Waals surface area contributed by atoms with Gasteiger partial charge in [0.2, 0.25) is 5.91 Å². The van der Waals surface area contributed by atoms with Crippen molar-refractivity contribution in [2.75, 3.05) is 19.8 Å². The third-order valence-electron chi connectivity index (χ3n) is 3.41. The van der Waals surface area contributed by atoms with Gasteiger partial charge in [-0.15, -0.1) is 0 Å². The summed E-state index contributed by atoms with van der Waals surface area (Å²) in [5, 5.41) is 9.11. The molecule has 0 radical (unpaired) electrons. The van der Waals surface area contributed by atoms with E-state index >= 15 is 0 Å². The summed E-state index contributed by atoms with van der Waals surface area (Å²) in [6, 6.07) is 3.92. The normalized spacial score (nSPS) is 23.4. The lowest BCUT2D eigenvalue weighted by molar-refractivity contribution is -0.146. The number of hydrogen-bond donors (Lipinski definition) is 1. The van der Waals surface area contributed by atoms with Gasteiger partial charge in [0.1, 0.15) is 0 Å². The zero-order valence-electron chi connectivity index (χ0n) is 11.2. The molecular weight excluding hydrogens is 244 g/mol. The maximum atomic E-state index is 12.2. The number of aliphatic hydroxyl groups excluding tert-OH is 1. The smallest absolute Gasteiger partial charge is 0.223 e. The molecule has 1 fully saturated rings. The Morgan fingerprint density at radius 1 is 1.53 bits per heavy atom. The van der Waals surface area contributed by atoms with Crippen LogP contribution in [0.2, 0.25) is 0 Å². The van der Waals surface area contributed by atoms with E-state index in [1.54, 1.807) is 12.4 Å². The van der Waals surface area contributed by atoms with E-state index in [1.807, 2.05) is 24.0 Å². The molecule has 19 heavy (non-hydrogen) atoms. The van der Waals surface area contributed by atoms with Crippen LogP contribution in [0.3, 0.4) is 0 Å². The first kappa shape index (κ1) is 14.0. The molecule has 2 unspecified atom stereocenters. The highest BCUT2D eigenvalue weighted by molar-refractivity contribution is 5.77. The van der Waals surface area contributed by atoms with Crippen LogP contribution < -0.4 is 0 Å². The van der Waals surface area contributed by atoms with Crippen LogP contribution in [0.25, 0.3) is 0 Å². The Morgan fingerprint density at radius 3 is 2.95 bits per heavy atom. The highest BCUT2D eigenvalue weighted by Crippen LogP contribution is 2.14. The van der Waals surface area contributed by atoms with Crippen molar-refractivity contribution in [1.29, 1.82) is 0 Å². The third kappa shape index (κ3) is 3.75. The summed E-state index contributed by atoms with van der Waals surface area (Å²) >= 11 is 0. The molecule has 2 rings (SSSR count). The number of amides is 1. The van der Waals surface area contributed by atoms with Gasteiger partial charge in [0.15, 0.2) is 0 Å². The molecule has 0 aromatic carbocycles. The van der Waals surface area contributed by atoms with E-state index in [0.717, 1.165) is 12.0 Å². The van der Waals surface area contributed by atoms with Crippen molar-refractivity contribution >= 4 is 5.91 Å². The van der Waals surface area contributed by atoms with Gasteiger partial charge in [0.25, 0.3) is 0 Å². The fourth-order valence-electron chi connectivity index (χ4n) is 2.22. The summed E-state index contributed by atoms with van der Waals surface area (Å²) in [5.74, 6) is 0.117. The topological polar surface area (TPSA) is 62.7 Å². The van der Waals surface area contributed by atoms with Crippen molar-refractivity contribution in [3.8, 4) is 0 Å². The molecule has 1 amide bonds. The summed E-state index contributed by atoms with van der Waals surface area (Å²) in [4.78, 5) is 18.0. The number of rotatable bonds is 4. The molecule has 5 heteroatoms. The summed E-state index contributed by atoms with van der Waals surface area (Å²) < 4.78 is 5.43. The second kappa shape index (κ2) is 6.63. The number of aromatic nitrogens is 1. The number of carbonyl (C=O) groups excluding carboxylic acids is 1. The van der Waals surface area contributed by atoms with Crippen molar-refractivity contribution in [3.05, 3.63) is 30.1 Å². The minimum atomic E-state index is -0.249. The van der Waals surface area contributed by atoms with Crippen LogP contribution in [-0.4, -0.2) is 52.8 Å². The van der Waals surface area contributed by atoms with Crippen molar-refractivity contribution in [1.82, 2.24) is 9.88 Å². The summed E-state index contributed by atoms with van der Waals surface area (Å²) in [6.45, 7) is 2.90. The van der Waals surface area contributed by atoms with Crippen molar-refractivity contribution in [3.63, 3.8) is 0 Å². The first-order valence-electron chi connectivity index (χ1n) is 6.61. The Morgan fingerprint density at radius 2 is 2.26 bits per heavy atom. The first-order chi connectivity index (χ1) is 9.20. The van der Waals surface area contributed by atoms with Gasteiger partial charge < -0.3 is 14.7 Å². The molecule has 0 spiro atoms. The van der Waals surface area contributed by atoms with Gasteiger partial charge in [-0.1, -0.05) is 0 Å². The molecule has 1 aliphatic rings. The molecular formula is C14H20N2O3. The lowest BCUT2D eigenvalue weighted by atomic mass is 10.1. The Bertz CT molecular complexity index is 410. The van der Waals surface area contributed by atoms with Crippen molar-refractivity contribution < 1.29 is 14.6 Å². The van der Waals surface area contributed by atoms with Crippen LogP contribution in [0.4, 0.5) is 0 Å². The van der Waals surface area contributed by atoms with Crippen molar-refractivity contribution in [2.24, 2.45) is 0 Å². The highest BCUT2D eigenvalue weighted by Gasteiger charge is 2.28. The minimum absolute atomic E-state index is 0.0408. The molecule has 5 nitrogen and oxygen atoms in total. The van der Waals surface area contributed by atoms with Crippen LogP contribution in [0.5, 0.6) is 0 Å². The zero-order chi connectivity index (χ0) is 13.7. The highest BCUT2D eigenvalue weighted by atomic mass is 16.5. The van der Waals surface area contributed by atoms with Gasteiger partial charge in [0, 0.05) is 25.4 Å². The standard InChI is InChI=1S/C14H20N2O3/c1-11-10-19-13(9-17)8-16(11)14(18)3-2-12-4-6-15-7-5-12/h4-7,11,13,17H,2-3,8-10H2,1H3. The number of morpholine rings is 1. The number of aryl methyl sites for hydroxylation is 1. The van der Waals surface area contributed by atoms with E-state index in [2.05, 4.69) is 4.98 Å². The zero-order valence-corrected chi connectivity index (χ0v) is 11.2. The lowest BCUT2D eigenvalue weighted by Gasteiger charge is -2.37. The van der Waals surface area contributed by atoms with E-state index in [-0.39, 0.29) is 24.7 Å². The van der Waals surface area contributed by atoms with E-state index in [0.29, 0.717) is 19.6 Å². The largest absolute Gasteiger partial charge is 0.394 e. The molecule has 1 aromatic rings. The van der Waals surface area contributed by atoms with Crippen molar-refractivity contribution in [2.45, 2.75) is 31.9 Å². The number of pyridine rings is 1. The van der Waals surface area contributed by atoms with Gasteiger partial charge >= 0.3 is 0 Å². The van der Waals surface area contributed by atoms with Crippen LogP contribution in [0.15, 0.2) is 24.5 Å². The molecule has 1 N–H and O–H groups in total. The van der Waals surface area contributed by atoms with Gasteiger partial charge in [-0.25, -0.2) is 0 Å². The lowest BCUT2D eigenvalue weighted by Crippen LogP contribution is -2.52. The maximum absolute atomic E-state index is 12.2. The number of hydrogen-bond acceptors (Lipinski definition) is 4. The minimum Gasteiger partial charge on any atom is -0.394 e. The van der Waals surface area contributed by atoms with E-state index in [4.69, 9.17) is 9.84 Å². The fourth-order valence-corrected chi connectivity index (χ4v) is 2.22. The Labute approximate surface area is 113 Å². The molecule has 0 aliphatic carbocycles. The molecule has 0 saturated carbocycles. The summed E-state index contributed by atoms with van der Waals surface area (Å²) in [6.07, 6.45) is 4.42. The number of nitrogens with zero attached hydrogens (tertiary/aromatic N) is 2. The SMILES string of the molecule is CC1COC(CO)CN1C(=O)CCc1ccncc1. The van der Waals surface area contributed by atoms with Crippen LogP contribution in [-0.2, 0) is 16.0 Å². The average Bonchev–Trinajstić information content (AvgIpc) is 2.46. The van der Waals surface area contributed by atoms with E-state index in [1.165, 1.54) is 0 Å². The molecule has 0 bridgehead atoms. The molecule has 104 valence electrons. The van der Waals surface area contributed by atoms with Gasteiger partial charge in [0.05, 0.1) is 25.4 Å². The molecule has 2 heterocycles. The maximum Gasteiger partial charge on any atom is 0.223 e. The van der Waals surface area contributed by atoms with E-state index < -0.39 is 0 Å². The predicted molar refractivity (Wildman–Crippen MR) is 70.6 cm³/mol. The Hall–Kier alpha value is -1.46. The number of aliphatic hydroxyl groups is 1. The average molecular weight is 264 g/mol. The second-order valence-electron chi connectivity index (χ2n) is 4.89. The Balaban J connectivity index is 1.88. The monoisotopic (exact) mass is 264 g/mol. The third-order valence-corrected chi connectivity index (χ3v) is 3.41. The molecule has 2 atom stereocenters.